The summed E-state index contributed by atoms with van der Waals surface area (Å²) in [7, 11) is 0. The number of carbonyl (C=O) groups excluding carboxylic acids is 1. The number of hydrogen-bond donors (Lipinski definition) is 12. The molecule has 3 rings (SSSR count). The van der Waals surface area contributed by atoms with Crippen LogP contribution in [-0.4, -0.2) is 193 Å². The van der Waals surface area contributed by atoms with Gasteiger partial charge in [-0.3, -0.25) is 4.79 Å². The minimum Gasteiger partial charge on any atom is -0.394 e. The van der Waals surface area contributed by atoms with Gasteiger partial charge in [0.15, 0.2) is 18.9 Å². The summed E-state index contributed by atoms with van der Waals surface area (Å²) in [5, 5.41) is 119. The van der Waals surface area contributed by atoms with Gasteiger partial charge in [-0.05, 0) is 44.9 Å². The highest BCUT2D eigenvalue weighted by atomic mass is 16.8. The average Bonchev–Trinajstić information content (AvgIpc) is 3.30. The zero-order valence-corrected chi connectivity index (χ0v) is 38.2. The summed E-state index contributed by atoms with van der Waals surface area (Å²) < 4.78 is 33.8. The number of amides is 1. The molecule has 1 amide bonds. The molecule has 19 heteroatoms. The van der Waals surface area contributed by atoms with E-state index in [9.17, 15) is 61.0 Å². The SMILES string of the molecule is CCCCCCCCC/C=C/CC/C=C/CC/C=C/C(O)C(COC1OC(CO)C(OC2OC(CO)C(OC3OC(CO)C(O)C(O)C3O)C(O)C2O)C(O)C1O)NC(=O)CCCCC. The van der Waals surface area contributed by atoms with E-state index in [-0.39, 0.29) is 18.9 Å². The van der Waals surface area contributed by atoms with Crippen LogP contribution in [0.4, 0.5) is 0 Å². The summed E-state index contributed by atoms with van der Waals surface area (Å²) in [5.74, 6) is -0.319. The van der Waals surface area contributed by atoms with Crippen LogP contribution in [0.5, 0.6) is 0 Å². The van der Waals surface area contributed by atoms with Gasteiger partial charge in [-0.15, -0.1) is 0 Å². The van der Waals surface area contributed by atoms with Crippen LogP contribution in [0.3, 0.4) is 0 Å². The van der Waals surface area contributed by atoms with Gasteiger partial charge in [0, 0.05) is 6.42 Å². The van der Waals surface area contributed by atoms with Crippen molar-refractivity contribution < 1.29 is 89.4 Å². The number of allylic oxidation sites excluding steroid dienone is 5. The first kappa shape index (κ1) is 57.3. The van der Waals surface area contributed by atoms with Crippen LogP contribution >= 0.6 is 0 Å². The fourth-order valence-electron chi connectivity index (χ4n) is 7.87. The highest BCUT2D eigenvalue weighted by molar-refractivity contribution is 5.76. The van der Waals surface area contributed by atoms with Gasteiger partial charge in [-0.1, -0.05) is 102 Å². The second-order valence-electron chi connectivity index (χ2n) is 17.2. The zero-order valence-electron chi connectivity index (χ0n) is 38.2. The summed E-state index contributed by atoms with van der Waals surface area (Å²) in [6.07, 6.45) is 1.32. The average molecular weight is 936 g/mol. The third-order valence-electron chi connectivity index (χ3n) is 11.9. The van der Waals surface area contributed by atoms with Crippen molar-refractivity contribution in [1.29, 1.82) is 0 Å². The Labute approximate surface area is 383 Å². The lowest BCUT2D eigenvalue weighted by molar-refractivity contribution is -0.379. The third-order valence-corrected chi connectivity index (χ3v) is 11.9. The van der Waals surface area contributed by atoms with Crippen LogP contribution in [0.1, 0.15) is 117 Å². The fraction of sp³-hybridized carbons (Fsp3) is 0.848. The molecule has 17 atom stereocenters. The van der Waals surface area contributed by atoms with Crippen LogP contribution in [0.2, 0.25) is 0 Å². The fourth-order valence-corrected chi connectivity index (χ4v) is 7.87. The van der Waals surface area contributed by atoms with Gasteiger partial charge in [-0.25, -0.2) is 0 Å². The zero-order chi connectivity index (χ0) is 47.7. The number of aliphatic hydroxyl groups excluding tert-OH is 11. The molecule has 0 aromatic carbocycles. The van der Waals surface area contributed by atoms with Gasteiger partial charge in [0.1, 0.15) is 73.2 Å². The number of rotatable bonds is 31. The lowest BCUT2D eigenvalue weighted by atomic mass is 9.96. The first-order valence-electron chi connectivity index (χ1n) is 23.7. The van der Waals surface area contributed by atoms with E-state index in [1.807, 2.05) is 6.92 Å². The lowest BCUT2D eigenvalue weighted by Crippen LogP contribution is -2.66. The molecular formula is C46H81NO18. The molecule has 3 aliphatic heterocycles. The van der Waals surface area contributed by atoms with E-state index in [2.05, 4.69) is 36.5 Å². The molecule has 19 nitrogen and oxygen atoms in total. The molecular weight excluding hydrogens is 854 g/mol. The summed E-state index contributed by atoms with van der Waals surface area (Å²) in [6, 6.07) is -0.987. The van der Waals surface area contributed by atoms with Gasteiger partial charge in [-0.2, -0.15) is 0 Å². The molecule has 3 saturated heterocycles. The monoisotopic (exact) mass is 936 g/mol. The number of aliphatic hydroxyl groups is 11. The van der Waals surface area contributed by atoms with Crippen molar-refractivity contribution >= 4 is 5.91 Å². The number of carbonyl (C=O) groups is 1. The maximum Gasteiger partial charge on any atom is 0.220 e. The van der Waals surface area contributed by atoms with Crippen LogP contribution in [0.25, 0.3) is 0 Å². The Bertz CT molecular complexity index is 1350. The summed E-state index contributed by atoms with van der Waals surface area (Å²) in [5.41, 5.74) is 0. The van der Waals surface area contributed by atoms with Gasteiger partial charge in [0.25, 0.3) is 0 Å². The van der Waals surface area contributed by atoms with Crippen LogP contribution < -0.4 is 5.32 Å². The molecule has 0 aliphatic carbocycles. The predicted octanol–water partition coefficient (Wildman–Crippen LogP) is 0.247. The van der Waals surface area contributed by atoms with E-state index in [0.29, 0.717) is 12.8 Å². The van der Waals surface area contributed by atoms with E-state index in [1.54, 1.807) is 12.2 Å². The summed E-state index contributed by atoms with van der Waals surface area (Å²) in [4.78, 5) is 12.8. The predicted molar refractivity (Wildman–Crippen MR) is 236 cm³/mol. The van der Waals surface area contributed by atoms with E-state index < -0.39 is 124 Å². The first-order chi connectivity index (χ1) is 31.3. The summed E-state index contributed by atoms with van der Waals surface area (Å²) in [6.45, 7) is 1.43. The number of ether oxygens (including phenoxy) is 6. The van der Waals surface area contributed by atoms with Gasteiger partial charge in [0.2, 0.25) is 5.91 Å². The molecule has 0 saturated carbocycles. The van der Waals surface area contributed by atoms with E-state index in [4.69, 9.17) is 28.4 Å². The van der Waals surface area contributed by atoms with Gasteiger partial charge in [0.05, 0.1) is 38.6 Å². The lowest BCUT2D eigenvalue weighted by Gasteiger charge is -2.48. The third kappa shape index (κ3) is 18.8. The van der Waals surface area contributed by atoms with Crippen LogP contribution in [-0.2, 0) is 33.2 Å². The Hall–Kier alpha value is -1.99. The largest absolute Gasteiger partial charge is 0.394 e. The minimum absolute atomic E-state index is 0.217. The molecule has 0 radical (unpaired) electrons. The first-order valence-corrected chi connectivity index (χ1v) is 23.7. The molecule has 3 heterocycles. The minimum atomic E-state index is -1.98. The van der Waals surface area contributed by atoms with Crippen LogP contribution in [0, 0.1) is 0 Å². The van der Waals surface area contributed by atoms with E-state index in [0.717, 1.165) is 38.5 Å². The van der Waals surface area contributed by atoms with Crippen molar-refractivity contribution in [2.75, 3.05) is 26.4 Å². The Morgan fingerprint density at radius 1 is 0.538 bits per heavy atom. The van der Waals surface area contributed by atoms with Crippen molar-refractivity contribution in [2.45, 2.75) is 221 Å². The topological polar surface area (TPSA) is 307 Å². The molecule has 0 bridgehead atoms. The quantitative estimate of drug-likeness (QED) is 0.0328. The van der Waals surface area contributed by atoms with Crippen LogP contribution in [0.15, 0.2) is 36.5 Å². The van der Waals surface area contributed by atoms with Crippen molar-refractivity contribution in [2.24, 2.45) is 0 Å². The molecule has 17 unspecified atom stereocenters. The molecule has 0 aromatic rings. The van der Waals surface area contributed by atoms with Gasteiger partial charge < -0.3 is 89.9 Å². The van der Waals surface area contributed by atoms with Crippen molar-refractivity contribution in [3.05, 3.63) is 36.5 Å². The highest BCUT2D eigenvalue weighted by Crippen LogP contribution is 2.33. The molecule has 65 heavy (non-hydrogen) atoms. The normalized spacial score (nSPS) is 34.4. The summed E-state index contributed by atoms with van der Waals surface area (Å²) >= 11 is 0. The highest BCUT2D eigenvalue weighted by Gasteiger charge is 2.53. The van der Waals surface area contributed by atoms with Gasteiger partial charge >= 0.3 is 0 Å². The maximum atomic E-state index is 12.8. The van der Waals surface area contributed by atoms with Crippen molar-refractivity contribution in [3.63, 3.8) is 0 Å². The number of hydrogen-bond acceptors (Lipinski definition) is 18. The number of nitrogens with one attached hydrogen (secondary N) is 1. The van der Waals surface area contributed by atoms with Crippen molar-refractivity contribution in [1.82, 2.24) is 5.32 Å². The molecule has 3 aliphatic rings. The molecule has 0 aromatic heterocycles. The van der Waals surface area contributed by atoms with E-state index >= 15 is 0 Å². The number of unbranched alkanes of at least 4 members (excludes halogenated alkanes) is 11. The molecule has 0 spiro atoms. The smallest absolute Gasteiger partial charge is 0.220 e. The standard InChI is InChI=1S/C46H81NO18/c1-3-5-7-8-9-10-11-12-13-14-15-16-17-18-19-20-22-23-30(51)29(47-34(52)24-21-6-4-2)28-60-44-40(58)37(55)42(32(26-49)62-44)65-46-41(59)38(56)43(33(27-50)63-46)64-45-39(57)36(54)35(53)31(25-48)61-45/h13-14,17-18,22-23,29-33,35-46,48-51,53-59H,3-12,15-16,19-21,24-28H2,1-2H3,(H,47,52)/b14-13+,18-17+,23-22+. The Kier molecular flexibility index (Phi) is 28.2. The Balaban J connectivity index is 1.54. The molecule has 378 valence electrons. The second-order valence-corrected chi connectivity index (χ2v) is 17.2. The Morgan fingerprint density at radius 3 is 1.54 bits per heavy atom. The van der Waals surface area contributed by atoms with Crippen molar-refractivity contribution in [3.8, 4) is 0 Å². The molecule has 3 fully saturated rings. The molecule has 12 N–H and O–H groups in total. The van der Waals surface area contributed by atoms with E-state index in [1.165, 1.54) is 44.9 Å². The maximum absolute atomic E-state index is 12.8. The second kappa shape index (κ2) is 31.9. The Morgan fingerprint density at radius 2 is 0.985 bits per heavy atom.